The number of hydrogen-bond acceptors (Lipinski definition) is 4. The fourth-order valence-corrected chi connectivity index (χ4v) is 3.90. The van der Waals surface area contributed by atoms with E-state index in [1.165, 1.54) is 24.2 Å². The smallest absolute Gasteiger partial charge is 0.144 e. The van der Waals surface area contributed by atoms with Gasteiger partial charge in [0.1, 0.15) is 28.6 Å². The number of phenolic OH excluding ortho intramolecular Hbond substituents is 1. The van der Waals surface area contributed by atoms with E-state index in [0.717, 1.165) is 32.2 Å². The number of benzene rings is 2. The first-order valence-corrected chi connectivity index (χ1v) is 8.95. The Kier molecular flexibility index (Phi) is 4.30. The zero-order chi connectivity index (χ0) is 18.3. The number of phenols is 1. The lowest BCUT2D eigenvalue weighted by atomic mass is 10.1. The molecule has 1 N–H and O–H groups in total. The molecule has 2 heterocycles. The van der Waals surface area contributed by atoms with E-state index in [1.54, 1.807) is 24.3 Å². The molecule has 4 aromatic rings. The molecule has 0 fully saturated rings. The molecule has 26 heavy (non-hydrogen) atoms. The molecule has 0 aliphatic heterocycles. The van der Waals surface area contributed by atoms with Crippen molar-refractivity contribution in [2.45, 2.75) is 9.92 Å². The minimum atomic E-state index is -0.446. The zero-order valence-corrected chi connectivity index (χ0v) is 15.2. The average molecular weight is 386 g/mol. The number of aromatic hydroxyl groups is 1. The van der Waals surface area contributed by atoms with Gasteiger partial charge >= 0.3 is 0 Å². The lowest BCUT2D eigenvalue weighted by Crippen LogP contribution is -1.94. The normalized spacial score (nSPS) is 11.2. The van der Waals surface area contributed by atoms with Crippen molar-refractivity contribution in [3.05, 3.63) is 65.7 Å². The third-order valence-corrected chi connectivity index (χ3v) is 5.35. The van der Waals surface area contributed by atoms with Gasteiger partial charge in [0.15, 0.2) is 0 Å². The fourth-order valence-electron chi connectivity index (χ4n) is 2.75. The Bertz CT molecular complexity index is 1110. The van der Waals surface area contributed by atoms with Gasteiger partial charge in [-0.2, -0.15) is 0 Å². The topological polar surface area (TPSA) is 50.9 Å². The molecule has 0 amide bonds. The van der Waals surface area contributed by atoms with E-state index in [9.17, 15) is 9.50 Å². The molecule has 0 unspecified atom stereocenters. The summed E-state index contributed by atoms with van der Waals surface area (Å²) < 4.78 is 15.4. The Hall–Kier alpha value is -2.57. The molecular weight excluding hydrogens is 373 g/mol. The third kappa shape index (κ3) is 3.02. The summed E-state index contributed by atoms with van der Waals surface area (Å²) in [4.78, 5) is 9.56. The summed E-state index contributed by atoms with van der Waals surface area (Å²) in [6.07, 6.45) is 1.51. The highest BCUT2D eigenvalue weighted by atomic mass is 35.5. The van der Waals surface area contributed by atoms with Crippen LogP contribution in [0.25, 0.3) is 22.3 Å². The second-order valence-electron chi connectivity index (χ2n) is 5.73. The lowest BCUT2D eigenvalue weighted by molar-refractivity contribution is 0.475. The number of nitrogens with zero attached hydrogens (tertiary/aromatic N) is 3. The van der Waals surface area contributed by atoms with Crippen LogP contribution in [0.15, 0.2) is 64.8 Å². The highest BCUT2D eigenvalue weighted by Gasteiger charge is 2.14. The monoisotopic (exact) mass is 385 g/mol. The molecule has 7 heteroatoms. The molecule has 0 aliphatic carbocycles. The van der Waals surface area contributed by atoms with Gasteiger partial charge in [-0.25, -0.2) is 14.4 Å². The predicted octanol–water partition coefficient (Wildman–Crippen LogP) is 5.28. The van der Waals surface area contributed by atoms with Crippen LogP contribution in [-0.2, 0) is 7.05 Å². The van der Waals surface area contributed by atoms with E-state index >= 15 is 0 Å². The van der Waals surface area contributed by atoms with Crippen molar-refractivity contribution in [1.29, 1.82) is 0 Å². The van der Waals surface area contributed by atoms with Crippen molar-refractivity contribution in [2.24, 2.45) is 7.05 Å². The lowest BCUT2D eigenvalue weighted by Gasteiger charge is -2.04. The summed E-state index contributed by atoms with van der Waals surface area (Å²) in [5.41, 5.74) is 2.71. The van der Waals surface area contributed by atoms with Gasteiger partial charge in [0, 0.05) is 11.9 Å². The maximum atomic E-state index is 13.4. The van der Waals surface area contributed by atoms with Crippen LogP contribution < -0.4 is 0 Å². The predicted molar refractivity (Wildman–Crippen MR) is 101 cm³/mol. The van der Waals surface area contributed by atoms with Crippen molar-refractivity contribution in [3.63, 3.8) is 0 Å². The van der Waals surface area contributed by atoms with Gasteiger partial charge in [0.2, 0.25) is 0 Å². The maximum absolute atomic E-state index is 13.4. The van der Waals surface area contributed by atoms with E-state index in [2.05, 4.69) is 9.97 Å². The van der Waals surface area contributed by atoms with Crippen molar-refractivity contribution in [1.82, 2.24) is 14.5 Å². The van der Waals surface area contributed by atoms with Crippen LogP contribution >= 0.6 is 23.4 Å². The van der Waals surface area contributed by atoms with Gasteiger partial charge in [-0.3, -0.25) is 0 Å². The molecule has 0 radical (unpaired) electrons. The van der Waals surface area contributed by atoms with E-state index in [-0.39, 0.29) is 10.8 Å². The van der Waals surface area contributed by atoms with E-state index in [1.807, 2.05) is 29.8 Å². The van der Waals surface area contributed by atoms with Crippen LogP contribution in [0.3, 0.4) is 0 Å². The van der Waals surface area contributed by atoms with E-state index in [4.69, 9.17) is 11.6 Å². The first-order valence-electron chi connectivity index (χ1n) is 7.75. The van der Waals surface area contributed by atoms with Crippen molar-refractivity contribution in [2.75, 3.05) is 0 Å². The van der Waals surface area contributed by atoms with Gasteiger partial charge in [-0.05, 0) is 54.1 Å². The summed E-state index contributed by atoms with van der Waals surface area (Å²) >= 11 is 7.28. The molecule has 2 aromatic carbocycles. The summed E-state index contributed by atoms with van der Waals surface area (Å²) in [5.74, 6) is -0.227. The molecule has 0 atom stereocenters. The highest BCUT2D eigenvalue weighted by Crippen LogP contribution is 2.36. The van der Waals surface area contributed by atoms with Crippen LogP contribution in [0.5, 0.6) is 5.75 Å². The van der Waals surface area contributed by atoms with E-state index < -0.39 is 5.82 Å². The molecule has 0 bridgehead atoms. The summed E-state index contributed by atoms with van der Waals surface area (Å²) in [7, 11) is 1.93. The second-order valence-corrected chi connectivity index (χ2v) is 7.20. The van der Waals surface area contributed by atoms with Gasteiger partial charge in [-0.15, -0.1) is 0 Å². The first-order chi connectivity index (χ1) is 12.5. The molecule has 0 saturated carbocycles. The van der Waals surface area contributed by atoms with Crippen molar-refractivity contribution >= 4 is 34.4 Å². The maximum Gasteiger partial charge on any atom is 0.144 e. The average Bonchev–Trinajstić information content (AvgIpc) is 2.97. The van der Waals surface area contributed by atoms with Gasteiger partial charge in [0.05, 0.1) is 16.1 Å². The molecular formula is C19H13ClFN3OS. The van der Waals surface area contributed by atoms with Crippen LogP contribution in [0.2, 0.25) is 5.02 Å². The van der Waals surface area contributed by atoms with Crippen LogP contribution in [0.1, 0.15) is 0 Å². The Morgan fingerprint density at radius 3 is 2.58 bits per heavy atom. The largest absolute Gasteiger partial charge is 0.508 e. The summed E-state index contributed by atoms with van der Waals surface area (Å²) in [6, 6.07) is 13.6. The molecule has 130 valence electrons. The molecule has 0 saturated heterocycles. The molecule has 0 aliphatic rings. The minimum absolute atomic E-state index is 0.0816. The number of fused-ring (bicyclic) bond motifs is 1. The number of hydrogen-bond donors (Lipinski definition) is 1. The molecule has 4 rings (SSSR count). The van der Waals surface area contributed by atoms with Gasteiger partial charge in [0.25, 0.3) is 0 Å². The fraction of sp³-hybridized carbons (Fsp3) is 0.0526. The molecule has 0 spiro atoms. The zero-order valence-electron chi connectivity index (χ0n) is 13.6. The third-order valence-electron chi connectivity index (χ3n) is 4.06. The molecule has 4 nitrogen and oxygen atoms in total. The number of aromatic nitrogens is 3. The number of halogens is 2. The van der Waals surface area contributed by atoms with Crippen LogP contribution in [-0.4, -0.2) is 19.6 Å². The SMILES string of the molecule is Cn1c(-c2ccc(O)cc2)cc2c(Sc3ccc(F)c(Cl)c3)ncnc21. The number of aryl methyl sites for hydroxylation is 1. The highest BCUT2D eigenvalue weighted by molar-refractivity contribution is 7.99. The van der Waals surface area contributed by atoms with Crippen molar-refractivity contribution < 1.29 is 9.50 Å². The van der Waals surface area contributed by atoms with Crippen LogP contribution in [0, 0.1) is 5.82 Å². The summed E-state index contributed by atoms with van der Waals surface area (Å²) in [6.45, 7) is 0. The first kappa shape index (κ1) is 16.9. The van der Waals surface area contributed by atoms with Gasteiger partial charge in [-0.1, -0.05) is 23.4 Å². The quantitative estimate of drug-likeness (QED) is 0.487. The van der Waals surface area contributed by atoms with Crippen molar-refractivity contribution in [3.8, 4) is 17.0 Å². The van der Waals surface area contributed by atoms with Crippen LogP contribution in [0.4, 0.5) is 4.39 Å². The summed E-state index contributed by atoms with van der Waals surface area (Å²) in [5, 5.41) is 11.2. The molecule has 2 aromatic heterocycles. The second kappa shape index (κ2) is 6.63. The number of rotatable bonds is 3. The Morgan fingerprint density at radius 1 is 1.08 bits per heavy atom. The Morgan fingerprint density at radius 2 is 1.85 bits per heavy atom. The minimum Gasteiger partial charge on any atom is -0.508 e. The Labute approximate surface area is 158 Å². The Balaban J connectivity index is 1.80. The van der Waals surface area contributed by atoms with Gasteiger partial charge < -0.3 is 9.67 Å². The van der Waals surface area contributed by atoms with E-state index in [0.29, 0.717) is 0 Å². The standard InChI is InChI=1S/C19H13ClFN3OS/c1-24-17(11-2-4-12(25)5-3-11)9-14-18(24)22-10-23-19(14)26-13-6-7-16(21)15(20)8-13/h2-10,25H,1H3.